The van der Waals surface area contributed by atoms with E-state index in [1.807, 2.05) is 98.7 Å². The molecule has 5 heteroatoms. The van der Waals surface area contributed by atoms with Crippen molar-refractivity contribution in [1.29, 1.82) is 0 Å². The number of rotatable bonds is 8. The molecule has 0 saturated heterocycles. The van der Waals surface area contributed by atoms with Crippen molar-refractivity contribution >= 4 is 17.5 Å². The number of anilines is 1. The van der Waals surface area contributed by atoms with E-state index in [-0.39, 0.29) is 23.9 Å². The van der Waals surface area contributed by atoms with Crippen LogP contribution in [0.5, 0.6) is 0 Å². The van der Waals surface area contributed by atoms with E-state index in [2.05, 4.69) is 12.2 Å². The summed E-state index contributed by atoms with van der Waals surface area (Å²) in [5.74, 6) is -0.0836. The fraction of sp³-hybridized carbons (Fsp3) is 0.259. The van der Waals surface area contributed by atoms with Gasteiger partial charge in [-0.05, 0) is 56.3 Å². The Morgan fingerprint density at radius 3 is 2.03 bits per heavy atom. The molecule has 0 bridgehead atoms. The molecule has 3 aromatic rings. The monoisotopic (exact) mass is 429 g/mol. The van der Waals surface area contributed by atoms with Crippen LogP contribution in [0.1, 0.15) is 47.4 Å². The molecule has 0 aliphatic carbocycles. The molecule has 0 saturated carbocycles. The summed E-state index contributed by atoms with van der Waals surface area (Å²) < 4.78 is 0. The van der Waals surface area contributed by atoms with Crippen molar-refractivity contribution in [2.75, 3.05) is 26.0 Å². The summed E-state index contributed by atoms with van der Waals surface area (Å²) in [6.45, 7) is 4.40. The maximum Gasteiger partial charge on any atom is 0.255 e. The first-order valence-electron chi connectivity index (χ1n) is 10.8. The molecule has 3 rings (SSSR count). The minimum Gasteiger partial charge on any atom is -0.338 e. The number of nitrogens with one attached hydrogen (secondary N) is 1. The zero-order valence-corrected chi connectivity index (χ0v) is 19.2. The summed E-state index contributed by atoms with van der Waals surface area (Å²) in [7, 11) is 3.79. The molecule has 0 aliphatic rings. The van der Waals surface area contributed by atoms with Crippen molar-refractivity contribution in [3.05, 3.63) is 102 Å². The van der Waals surface area contributed by atoms with Crippen LogP contribution in [0.2, 0.25) is 0 Å². The van der Waals surface area contributed by atoms with Gasteiger partial charge in [-0.15, -0.1) is 0 Å². The molecular weight excluding hydrogens is 398 g/mol. The third kappa shape index (κ3) is 5.83. The maximum atomic E-state index is 12.9. The minimum absolute atomic E-state index is 0.00364. The number of hydrogen-bond acceptors (Lipinski definition) is 3. The molecule has 0 aromatic heterocycles. The summed E-state index contributed by atoms with van der Waals surface area (Å²) in [4.78, 5) is 29.2. The number of nitrogens with zero attached hydrogens (tertiary/aromatic N) is 2. The number of benzene rings is 3. The summed E-state index contributed by atoms with van der Waals surface area (Å²) >= 11 is 0. The molecule has 166 valence electrons. The van der Waals surface area contributed by atoms with E-state index in [1.165, 1.54) is 0 Å². The Labute approximate surface area is 190 Å². The number of hydrogen-bond donors (Lipinski definition) is 1. The lowest BCUT2D eigenvalue weighted by molar-refractivity contribution is -0.133. The van der Waals surface area contributed by atoms with Gasteiger partial charge in [0.1, 0.15) is 0 Å². The second-order valence-corrected chi connectivity index (χ2v) is 8.13. The molecule has 0 fully saturated rings. The van der Waals surface area contributed by atoms with Crippen LogP contribution in [-0.2, 0) is 4.79 Å². The first-order chi connectivity index (χ1) is 15.4. The van der Waals surface area contributed by atoms with E-state index < -0.39 is 0 Å². The topological polar surface area (TPSA) is 52.7 Å². The molecule has 0 spiro atoms. The van der Waals surface area contributed by atoms with Gasteiger partial charge < -0.3 is 10.2 Å². The number of carbonyl (C=O) groups is 2. The molecule has 2 atom stereocenters. The Kier molecular flexibility index (Phi) is 7.79. The molecule has 32 heavy (non-hydrogen) atoms. The van der Waals surface area contributed by atoms with Crippen molar-refractivity contribution in [1.82, 2.24) is 9.80 Å². The molecule has 0 unspecified atom stereocenters. The lowest BCUT2D eigenvalue weighted by Gasteiger charge is -2.30. The largest absolute Gasteiger partial charge is 0.338 e. The van der Waals surface area contributed by atoms with Gasteiger partial charge in [-0.2, -0.15) is 0 Å². The molecule has 2 amide bonds. The first kappa shape index (κ1) is 23.2. The standard InChI is InChI=1S/C27H31N3O2/c1-20(29(3)19-26(31)30(4)21(2)22-12-7-5-8-13-22)24-16-11-17-25(18-24)28-27(32)23-14-9-6-10-15-23/h5-18,20-21H,19H2,1-4H3,(H,28,32)/t20-,21-/m1/s1. The second kappa shape index (κ2) is 10.7. The van der Waals surface area contributed by atoms with Crippen LogP contribution < -0.4 is 5.32 Å². The fourth-order valence-electron chi connectivity index (χ4n) is 3.56. The second-order valence-electron chi connectivity index (χ2n) is 8.13. The van der Waals surface area contributed by atoms with Crippen LogP contribution in [0.4, 0.5) is 5.69 Å². The predicted molar refractivity (Wildman–Crippen MR) is 130 cm³/mol. The van der Waals surface area contributed by atoms with E-state index >= 15 is 0 Å². The van der Waals surface area contributed by atoms with Gasteiger partial charge in [0.2, 0.25) is 5.91 Å². The molecule has 5 nitrogen and oxygen atoms in total. The third-order valence-electron chi connectivity index (χ3n) is 5.97. The maximum absolute atomic E-state index is 12.9. The Bertz CT molecular complexity index is 1040. The van der Waals surface area contributed by atoms with Crippen molar-refractivity contribution in [3.63, 3.8) is 0 Å². The lowest BCUT2D eigenvalue weighted by Crippen LogP contribution is -2.38. The Morgan fingerprint density at radius 2 is 1.38 bits per heavy atom. The highest BCUT2D eigenvalue weighted by Crippen LogP contribution is 2.23. The average molecular weight is 430 g/mol. The summed E-state index contributed by atoms with van der Waals surface area (Å²) in [5, 5.41) is 2.95. The van der Waals surface area contributed by atoms with Gasteiger partial charge in [-0.1, -0.05) is 60.7 Å². The van der Waals surface area contributed by atoms with Gasteiger partial charge in [-0.3, -0.25) is 14.5 Å². The number of carbonyl (C=O) groups excluding carboxylic acids is 2. The van der Waals surface area contributed by atoms with Crippen molar-refractivity contribution < 1.29 is 9.59 Å². The lowest BCUT2D eigenvalue weighted by atomic mass is 10.1. The van der Waals surface area contributed by atoms with Gasteiger partial charge in [0.25, 0.3) is 5.91 Å². The summed E-state index contributed by atoms with van der Waals surface area (Å²) in [6, 6.07) is 26.9. The molecule has 3 aromatic carbocycles. The Morgan fingerprint density at radius 1 is 0.781 bits per heavy atom. The highest BCUT2D eigenvalue weighted by Gasteiger charge is 2.21. The Balaban J connectivity index is 1.62. The van der Waals surface area contributed by atoms with E-state index in [1.54, 1.807) is 17.0 Å². The van der Waals surface area contributed by atoms with E-state index in [4.69, 9.17) is 0 Å². The average Bonchev–Trinajstić information content (AvgIpc) is 2.83. The quantitative estimate of drug-likeness (QED) is 0.539. The van der Waals surface area contributed by atoms with E-state index in [9.17, 15) is 9.59 Å². The van der Waals surface area contributed by atoms with Gasteiger partial charge in [0.05, 0.1) is 12.6 Å². The Hall–Kier alpha value is -3.44. The zero-order valence-electron chi connectivity index (χ0n) is 19.2. The summed E-state index contributed by atoms with van der Waals surface area (Å²) in [5.41, 5.74) is 3.49. The van der Waals surface area contributed by atoms with Gasteiger partial charge in [0.15, 0.2) is 0 Å². The van der Waals surface area contributed by atoms with Crippen molar-refractivity contribution in [2.45, 2.75) is 25.9 Å². The van der Waals surface area contributed by atoms with Crippen LogP contribution in [0, 0.1) is 0 Å². The van der Waals surface area contributed by atoms with Crippen LogP contribution >= 0.6 is 0 Å². The smallest absolute Gasteiger partial charge is 0.255 e. The SMILES string of the molecule is C[C@H](c1cccc(NC(=O)c2ccccc2)c1)N(C)CC(=O)N(C)[C@H](C)c1ccccc1. The zero-order chi connectivity index (χ0) is 23.1. The normalized spacial score (nSPS) is 12.8. The van der Waals surface area contributed by atoms with Crippen molar-refractivity contribution in [2.24, 2.45) is 0 Å². The molecule has 0 radical (unpaired) electrons. The van der Waals surface area contributed by atoms with Crippen LogP contribution in [0.15, 0.2) is 84.9 Å². The van der Waals surface area contributed by atoms with Gasteiger partial charge >= 0.3 is 0 Å². The highest BCUT2D eigenvalue weighted by molar-refractivity contribution is 6.04. The third-order valence-corrected chi connectivity index (χ3v) is 5.97. The molecule has 1 N–H and O–H groups in total. The van der Waals surface area contributed by atoms with E-state index in [0.717, 1.165) is 16.8 Å². The predicted octanol–water partition coefficient (Wildman–Crippen LogP) is 5.15. The van der Waals surface area contributed by atoms with E-state index in [0.29, 0.717) is 12.1 Å². The summed E-state index contributed by atoms with van der Waals surface area (Å²) in [6.07, 6.45) is 0. The van der Waals surface area contributed by atoms with Crippen LogP contribution in [-0.4, -0.2) is 42.3 Å². The van der Waals surface area contributed by atoms with Gasteiger partial charge in [0, 0.05) is 24.3 Å². The first-order valence-corrected chi connectivity index (χ1v) is 10.8. The van der Waals surface area contributed by atoms with Crippen molar-refractivity contribution in [3.8, 4) is 0 Å². The van der Waals surface area contributed by atoms with Gasteiger partial charge in [-0.25, -0.2) is 0 Å². The fourth-order valence-corrected chi connectivity index (χ4v) is 3.56. The highest BCUT2D eigenvalue weighted by atomic mass is 16.2. The molecule has 0 heterocycles. The molecule has 0 aliphatic heterocycles. The number of likely N-dealkylation sites (N-methyl/N-ethyl adjacent to an activating group) is 2. The van der Waals surface area contributed by atoms with Crippen LogP contribution in [0.25, 0.3) is 0 Å². The minimum atomic E-state index is -0.143. The number of amides is 2. The molecular formula is C27H31N3O2. The van der Waals surface area contributed by atoms with Crippen LogP contribution in [0.3, 0.4) is 0 Å².